The fourth-order valence-corrected chi connectivity index (χ4v) is 1.42. The molecule has 0 aromatic rings. The van der Waals surface area contributed by atoms with Crippen molar-refractivity contribution in [3.8, 4) is 0 Å². The lowest BCUT2D eigenvalue weighted by atomic mass is 9.84. The third-order valence-corrected chi connectivity index (χ3v) is 2.74. The molecule has 0 amide bonds. The second kappa shape index (κ2) is 5.65. The third kappa shape index (κ3) is 3.09. The number of ether oxygens (including phenoxy) is 2. The van der Waals surface area contributed by atoms with E-state index in [1.54, 1.807) is 0 Å². The van der Waals surface area contributed by atoms with Crippen molar-refractivity contribution in [3.05, 3.63) is 12.7 Å². The summed E-state index contributed by atoms with van der Waals surface area (Å²) in [6.45, 7) is 2.31. The molecule has 20 heavy (non-hydrogen) atoms. The molecule has 0 aromatic carbocycles. The Morgan fingerprint density at radius 1 is 1.25 bits per heavy atom. The monoisotopic (exact) mass is 306 g/mol. The summed E-state index contributed by atoms with van der Waals surface area (Å²) in [4.78, 5) is 11.0. The summed E-state index contributed by atoms with van der Waals surface area (Å²) < 4.78 is 74.6. The van der Waals surface area contributed by atoms with Crippen LogP contribution in [0.2, 0.25) is 0 Å². The van der Waals surface area contributed by atoms with E-state index in [0.717, 1.165) is 7.11 Å². The van der Waals surface area contributed by atoms with Crippen LogP contribution in [0, 0.1) is 0 Å². The number of hydrogen-bond donors (Lipinski definition) is 1. The average molecular weight is 306 g/mol. The third-order valence-electron chi connectivity index (χ3n) is 2.74. The van der Waals surface area contributed by atoms with E-state index in [1.807, 2.05) is 0 Å². The van der Waals surface area contributed by atoms with E-state index < -0.39 is 35.9 Å². The Kier molecular flexibility index (Phi) is 5.30. The van der Waals surface area contributed by atoms with Crippen molar-refractivity contribution in [1.29, 1.82) is 0 Å². The van der Waals surface area contributed by atoms with Gasteiger partial charge in [-0.2, -0.15) is 22.0 Å². The Bertz CT molecular complexity index is 377. The van der Waals surface area contributed by atoms with Crippen LogP contribution in [0.1, 0.15) is 13.8 Å². The molecule has 0 bridgehead atoms. The van der Waals surface area contributed by atoms with Gasteiger partial charge in [-0.1, -0.05) is 6.58 Å². The molecule has 0 rings (SSSR count). The van der Waals surface area contributed by atoms with Crippen molar-refractivity contribution >= 4 is 5.97 Å². The lowest BCUT2D eigenvalue weighted by Gasteiger charge is -2.43. The van der Waals surface area contributed by atoms with E-state index >= 15 is 0 Å². The molecule has 0 aliphatic heterocycles. The normalized spacial score (nSPS) is 18.9. The Balaban J connectivity index is 5.78. The number of carbonyl (C=O) groups excluding carboxylic acids is 1. The number of esters is 1. The zero-order chi connectivity index (χ0) is 16.4. The van der Waals surface area contributed by atoms with Crippen LogP contribution in [-0.2, 0) is 14.3 Å². The number of rotatable bonds is 6. The predicted octanol–water partition coefficient (Wildman–Crippen LogP) is 2.07. The average Bonchev–Trinajstić information content (AvgIpc) is 2.27. The van der Waals surface area contributed by atoms with Gasteiger partial charge in [-0.15, -0.1) is 0 Å². The first kappa shape index (κ1) is 18.8. The molecule has 4 nitrogen and oxygen atoms in total. The molecule has 1 N–H and O–H groups in total. The molecule has 2 unspecified atom stereocenters. The zero-order valence-electron chi connectivity index (χ0n) is 11.1. The van der Waals surface area contributed by atoms with E-state index in [4.69, 9.17) is 0 Å². The minimum absolute atomic E-state index is 0.108. The maximum atomic E-state index is 14.1. The smallest absolute Gasteiger partial charge is 0.423 e. The highest BCUT2D eigenvalue weighted by molar-refractivity contribution is 5.81. The largest absolute Gasteiger partial charge is 0.447 e. The number of carbonyl (C=O) groups is 1. The SMILES string of the molecule is C=CC(=O)OC(C)(COC)C(F)(F)C(C)(O)C(F)(F)F. The van der Waals surface area contributed by atoms with Crippen LogP contribution in [-0.4, -0.2) is 48.1 Å². The molecular weight excluding hydrogens is 291 g/mol. The summed E-state index contributed by atoms with van der Waals surface area (Å²) in [5, 5.41) is 9.18. The molecule has 9 heteroatoms. The summed E-state index contributed by atoms with van der Waals surface area (Å²) >= 11 is 0. The second-order valence-electron chi connectivity index (χ2n) is 4.43. The molecule has 118 valence electrons. The van der Waals surface area contributed by atoms with Crippen LogP contribution in [0.3, 0.4) is 0 Å². The Hall–Kier alpha value is -1.22. The van der Waals surface area contributed by atoms with Crippen LogP contribution < -0.4 is 0 Å². The van der Waals surface area contributed by atoms with Gasteiger partial charge in [0.25, 0.3) is 0 Å². The van der Waals surface area contributed by atoms with Gasteiger partial charge >= 0.3 is 18.1 Å². The molecule has 0 fully saturated rings. The van der Waals surface area contributed by atoms with Gasteiger partial charge in [-0.25, -0.2) is 4.79 Å². The molecular formula is C11H15F5O4. The summed E-state index contributed by atoms with van der Waals surface area (Å²) in [7, 11) is 0.929. The number of hydrogen-bond acceptors (Lipinski definition) is 4. The lowest BCUT2D eigenvalue weighted by molar-refractivity contribution is -0.362. The molecule has 0 spiro atoms. The van der Waals surface area contributed by atoms with E-state index in [-0.39, 0.29) is 6.92 Å². The highest BCUT2D eigenvalue weighted by atomic mass is 19.4. The van der Waals surface area contributed by atoms with Gasteiger partial charge in [-0.3, -0.25) is 0 Å². The molecule has 0 aromatic heterocycles. The number of halogens is 5. The Morgan fingerprint density at radius 3 is 2.00 bits per heavy atom. The van der Waals surface area contributed by atoms with E-state index in [0.29, 0.717) is 13.0 Å². The number of alkyl halides is 5. The molecule has 0 aliphatic rings. The molecule has 0 aliphatic carbocycles. The summed E-state index contributed by atoms with van der Waals surface area (Å²) in [6, 6.07) is 0. The van der Waals surface area contributed by atoms with Crippen molar-refractivity contribution in [2.75, 3.05) is 13.7 Å². The lowest BCUT2D eigenvalue weighted by Crippen LogP contribution is -2.68. The van der Waals surface area contributed by atoms with E-state index in [2.05, 4.69) is 16.1 Å². The highest BCUT2D eigenvalue weighted by Crippen LogP contribution is 2.48. The van der Waals surface area contributed by atoms with Crippen molar-refractivity contribution in [2.24, 2.45) is 0 Å². The van der Waals surface area contributed by atoms with Gasteiger partial charge < -0.3 is 14.6 Å². The maximum Gasteiger partial charge on any atom is 0.423 e. The van der Waals surface area contributed by atoms with Gasteiger partial charge in [0.05, 0.1) is 6.61 Å². The van der Waals surface area contributed by atoms with Gasteiger partial charge in [0.1, 0.15) is 0 Å². The molecule has 0 saturated heterocycles. The molecule has 2 atom stereocenters. The fourth-order valence-electron chi connectivity index (χ4n) is 1.42. The Labute approximate surface area is 112 Å². The Morgan fingerprint density at radius 2 is 1.70 bits per heavy atom. The fraction of sp³-hybridized carbons (Fsp3) is 0.727. The quantitative estimate of drug-likeness (QED) is 0.464. The minimum Gasteiger partial charge on any atom is -0.447 e. The predicted molar refractivity (Wildman–Crippen MR) is 58.2 cm³/mol. The first-order chi connectivity index (χ1) is 8.77. The van der Waals surface area contributed by atoms with Crippen molar-refractivity contribution in [3.63, 3.8) is 0 Å². The standard InChI is InChI=1S/C11H15F5O4/c1-5-7(17)20-8(2,6-19-4)10(12,13)9(3,18)11(14,15)16/h5,18H,1,6H2,2-4H3. The first-order valence-corrected chi connectivity index (χ1v) is 5.28. The summed E-state index contributed by atoms with van der Waals surface area (Å²) in [5.74, 6) is -6.24. The highest BCUT2D eigenvalue weighted by Gasteiger charge is 2.74. The van der Waals surface area contributed by atoms with Crippen molar-refractivity contribution < 1.29 is 41.3 Å². The van der Waals surface area contributed by atoms with Crippen LogP contribution >= 0.6 is 0 Å². The molecule has 0 saturated carbocycles. The molecule has 0 radical (unpaired) electrons. The summed E-state index contributed by atoms with van der Waals surface area (Å²) in [5.41, 5.74) is -7.46. The van der Waals surface area contributed by atoms with Gasteiger partial charge in [-0.05, 0) is 13.8 Å². The second-order valence-corrected chi connectivity index (χ2v) is 4.43. The number of aliphatic hydroxyl groups is 1. The van der Waals surface area contributed by atoms with Gasteiger partial charge in [0.15, 0.2) is 5.60 Å². The first-order valence-electron chi connectivity index (χ1n) is 5.28. The van der Waals surface area contributed by atoms with E-state index in [1.165, 1.54) is 0 Å². The van der Waals surface area contributed by atoms with Gasteiger partial charge in [0, 0.05) is 13.2 Å². The number of methoxy groups -OCH3 is 1. The van der Waals surface area contributed by atoms with Crippen molar-refractivity contribution in [2.45, 2.75) is 37.1 Å². The zero-order valence-corrected chi connectivity index (χ0v) is 11.1. The van der Waals surface area contributed by atoms with Crippen LogP contribution in [0.25, 0.3) is 0 Å². The van der Waals surface area contributed by atoms with E-state index in [9.17, 15) is 31.9 Å². The topological polar surface area (TPSA) is 55.8 Å². The van der Waals surface area contributed by atoms with Crippen LogP contribution in [0.4, 0.5) is 22.0 Å². The maximum absolute atomic E-state index is 14.1. The molecule has 0 heterocycles. The van der Waals surface area contributed by atoms with Gasteiger partial charge in [0.2, 0.25) is 5.60 Å². The van der Waals surface area contributed by atoms with Crippen molar-refractivity contribution in [1.82, 2.24) is 0 Å². The van der Waals surface area contributed by atoms with Crippen LogP contribution in [0.15, 0.2) is 12.7 Å². The summed E-state index contributed by atoms with van der Waals surface area (Å²) in [6.07, 6.45) is -5.14. The van der Waals surface area contributed by atoms with Crippen LogP contribution in [0.5, 0.6) is 0 Å². The minimum atomic E-state index is -5.65.